The number of aryl methyl sites for hydroxylation is 2. The van der Waals surface area contributed by atoms with Crippen LogP contribution in [0.3, 0.4) is 0 Å². The van der Waals surface area contributed by atoms with Crippen molar-refractivity contribution in [2.45, 2.75) is 30.6 Å². The number of sulfonamides is 1. The second-order valence-corrected chi connectivity index (χ2v) is 10.3. The number of anilines is 1. The van der Waals surface area contributed by atoms with Gasteiger partial charge in [-0.3, -0.25) is 4.79 Å². The van der Waals surface area contributed by atoms with E-state index in [1.54, 1.807) is 6.07 Å². The Bertz CT molecular complexity index is 1270. The Balaban J connectivity index is 1.29. The van der Waals surface area contributed by atoms with E-state index in [1.807, 2.05) is 12.1 Å². The molecule has 0 spiro atoms. The molecule has 1 N–H and O–H groups in total. The van der Waals surface area contributed by atoms with Gasteiger partial charge in [-0.15, -0.1) is 0 Å². The van der Waals surface area contributed by atoms with Gasteiger partial charge in [0.25, 0.3) is 0 Å². The fourth-order valence-electron chi connectivity index (χ4n) is 4.65. The van der Waals surface area contributed by atoms with E-state index in [4.69, 9.17) is 11.6 Å². The van der Waals surface area contributed by atoms with Gasteiger partial charge in [0.05, 0.1) is 0 Å². The Morgan fingerprint density at radius 2 is 1.77 bits per heavy atom. The monoisotopic (exact) mass is 455 g/mol. The van der Waals surface area contributed by atoms with Crippen LogP contribution in [-0.2, 0) is 27.7 Å². The van der Waals surface area contributed by atoms with Crippen molar-refractivity contribution in [2.75, 3.05) is 18.4 Å². The Hall–Kier alpha value is -2.48. The topological polar surface area (TPSA) is 79.4 Å². The van der Waals surface area contributed by atoms with Crippen LogP contribution in [0.25, 0.3) is 10.8 Å². The first-order valence-corrected chi connectivity index (χ1v) is 12.2. The number of halogens is 1. The number of pyridine rings is 1. The van der Waals surface area contributed by atoms with Crippen molar-refractivity contribution >= 4 is 44.0 Å². The van der Waals surface area contributed by atoms with E-state index in [9.17, 15) is 13.2 Å². The molecule has 6 nitrogen and oxygen atoms in total. The molecular formula is C23H22ClN3O3S. The molecular weight excluding hydrogens is 434 g/mol. The number of rotatable bonds is 4. The summed E-state index contributed by atoms with van der Waals surface area (Å²) in [5.74, 6) is -0.297. The lowest BCUT2D eigenvalue weighted by atomic mass is 9.96. The molecule has 2 aromatic carbocycles. The summed E-state index contributed by atoms with van der Waals surface area (Å²) in [6, 6.07) is 13.3. The lowest BCUT2D eigenvalue weighted by molar-refractivity contribution is -0.120. The van der Waals surface area contributed by atoms with Crippen molar-refractivity contribution in [1.82, 2.24) is 9.29 Å². The van der Waals surface area contributed by atoms with Gasteiger partial charge in [-0.05, 0) is 60.4 Å². The van der Waals surface area contributed by atoms with Crippen LogP contribution in [-0.4, -0.2) is 36.7 Å². The number of carbonyl (C=O) groups is 1. The van der Waals surface area contributed by atoms with Crippen LogP contribution in [0.1, 0.15) is 24.0 Å². The molecule has 8 heteroatoms. The predicted octanol–water partition coefficient (Wildman–Crippen LogP) is 4.03. The Kier molecular flexibility index (Phi) is 5.20. The van der Waals surface area contributed by atoms with Crippen molar-refractivity contribution in [3.8, 4) is 0 Å². The minimum absolute atomic E-state index is 0.00690. The van der Waals surface area contributed by atoms with E-state index in [0.717, 1.165) is 23.9 Å². The zero-order valence-electron chi connectivity index (χ0n) is 16.8. The maximum absolute atomic E-state index is 13.0. The Morgan fingerprint density at radius 3 is 2.52 bits per heavy atom. The number of aromatic nitrogens is 1. The highest BCUT2D eigenvalue weighted by molar-refractivity contribution is 7.89. The maximum Gasteiger partial charge on any atom is 0.246 e. The number of nitrogens with zero attached hydrogens (tertiary/aromatic N) is 2. The zero-order chi connectivity index (χ0) is 21.6. The minimum Gasteiger partial charge on any atom is -0.325 e. The summed E-state index contributed by atoms with van der Waals surface area (Å²) in [5, 5.41) is 5.40. The van der Waals surface area contributed by atoms with Gasteiger partial charge in [0, 0.05) is 36.3 Å². The summed E-state index contributed by atoms with van der Waals surface area (Å²) >= 11 is 5.99. The summed E-state index contributed by atoms with van der Waals surface area (Å²) in [5.41, 5.74) is 3.48. The fraction of sp³-hybridized carbons (Fsp3) is 0.304. The number of carbonyl (C=O) groups excluding carboxylic acids is 1. The van der Waals surface area contributed by atoms with E-state index in [0.29, 0.717) is 12.8 Å². The summed E-state index contributed by atoms with van der Waals surface area (Å²) in [6.07, 6.45) is 4.46. The number of nitrogens with one attached hydrogen (secondary N) is 1. The van der Waals surface area contributed by atoms with Gasteiger partial charge in [0.1, 0.15) is 10.0 Å². The van der Waals surface area contributed by atoms with E-state index >= 15 is 0 Å². The van der Waals surface area contributed by atoms with Crippen LogP contribution < -0.4 is 5.32 Å². The lowest BCUT2D eigenvalue weighted by Gasteiger charge is -2.30. The molecule has 31 heavy (non-hydrogen) atoms. The summed E-state index contributed by atoms with van der Waals surface area (Å²) in [7, 11) is -3.72. The third kappa shape index (κ3) is 3.60. The van der Waals surface area contributed by atoms with Gasteiger partial charge in [0.2, 0.25) is 15.9 Å². The van der Waals surface area contributed by atoms with E-state index in [1.165, 1.54) is 33.1 Å². The highest BCUT2D eigenvalue weighted by Crippen LogP contribution is 2.35. The molecule has 2 aliphatic rings. The van der Waals surface area contributed by atoms with Crippen LogP contribution >= 0.6 is 11.6 Å². The second kappa shape index (κ2) is 7.89. The third-order valence-corrected chi connectivity index (χ3v) is 8.65. The van der Waals surface area contributed by atoms with Crippen molar-refractivity contribution < 1.29 is 13.2 Å². The quantitative estimate of drug-likeness (QED) is 0.602. The smallest absolute Gasteiger partial charge is 0.246 e. The molecule has 1 fully saturated rings. The molecule has 1 saturated heterocycles. The molecule has 1 aliphatic heterocycles. The summed E-state index contributed by atoms with van der Waals surface area (Å²) < 4.78 is 27.2. The molecule has 5 rings (SSSR count). The maximum atomic E-state index is 13.0. The first-order chi connectivity index (χ1) is 14.9. The molecule has 0 bridgehead atoms. The average molecular weight is 456 g/mol. The van der Waals surface area contributed by atoms with Gasteiger partial charge in [0.15, 0.2) is 0 Å². The predicted molar refractivity (Wildman–Crippen MR) is 121 cm³/mol. The van der Waals surface area contributed by atoms with Crippen LogP contribution in [0.2, 0.25) is 5.15 Å². The van der Waals surface area contributed by atoms with E-state index in [-0.39, 0.29) is 35.0 Å². The van der Waals surface area contributed by atoms with E-state index in [2.05, 4.69) is 28.5 Å². The van der Waals surface area contributed by atoms with Crippen molar-refractivity contribution in [3.05, 3.63) is 64.9 Å². The number of hydrogen-bond donors (Lipinski definition) is 1. The molecule has 160 valence electrons. The van der Waals surface area contributed by atoms with Gasteiger partial charge >= 0.3 is 0 Å². The lowest BCUT2D eigenvalue weighted by Crippen LogP contribution is -2.41. The minimum atomic E-state index is -3.72. The van der Waals surface area contributed by atoms with Gasteiger partial charge in [-0.2, -0.15) is 4.31 Å². The standard InChI is InChI=1S/C23H22ClN3O3S/c24-22-20(5-2-12-25-22)31(29,30)27-13-10-17(11-14-27)23(28)26-19-9-8-16-7-6-15-3-1-4-18(19)21(15)16/h1-5,8-9,12,17H,6-7,10-11,13-14H2,(H,26,28). The first kappa shape index (κ1) is 20.4. The van der Waals surface area contributed by atoms with Crippen LogP contribution in [0, 0.1) is 5.92 Å². The van der Waals surface area contributed by atoms with Crippen molar-refractivity contribution in [1.29, 1.82) is 0 Å². The number of benzene rings is 2. The van der Waals surface area contributed by atoms with Crippen molar-refractivity contribution in [2.24, 2.45) is 5.92 Å². The molecule has 2 heterocycles. The summed E-state index contributed by atoms with van der Waals surface area (Å²) in [4.78, 5) is 16.8. The Morgan fingerprint density at radius 1 is 1.03 bits per heavy atom. The highest BCUT2D eigenvalue weighted by Gasteiger charge is 2.33. The number of amides is 1. The van der Waals surface area contributed by atoms with E-state index < -0.39 is 10.0 Å². The number of hydrogen-bond acceptors (Lipinski definition) is 4. The molecule has 1 aromatic heterocycles. The normalized spacial score (nSPS) is 17.2. The third-order valence-electron chi connectivity index (χ3n) is 6.30. The molecule has 0 saturated carbocycles. The van der Waals surface area contributed by atoms with Gasteiger partial charge < -0.3 is 5.32 Å². The largest absolute Gasteiger partial charge is 0.325 e. The number of piperidine rings is 1. The van der Waals surface area contributed by atoms with Gasteiger partial charge in [-0.25, -0.2) is 13.4 Å². The molecule has 0 unspecified atom stereocenters. The average Bonchev–Trinajstić information content (AvgIpc) is 3.20. The van der Waals surface area contributed by atoms with Crippen LogP contribution in [0.5, 0.6) is 0 Å². The molecule has 3 aromatic rings. The van der Waals surface area contributed by atoms with Crippen molar-refractivity contribution in [3.63, 3.8) is 0 Å². The molecule has 1 amide bonds. The molecule has 0 atom stereocenters. The SMILES string of the molecule is O=C(Nc1ccc2c3c(cccc13)CC2)C1CCN(S(=O)(=O)c2cccnc2Cl)CC1. The van der Waals surface area contributed by atoms with Gasteiger partial charge in [-0.1, -0.05) is 35.9 Å². The first-order valence-electron chi connectivity index (χ1n) is 10.4. The second-order valence-electron chi connectivity index (χ2n) is 8.07. The molecule has 0 radical (unpaired) electrons. The molecule has 1 aliphatic carbocycles. The summed E-state index contributed by atoms with van der Waals surface area (Å²) in [6.45, 7) is 0.547. The Labute approximate surface area is 186 Å². The van der Waals surface area contributed by atoms with Crippen LogP contribution in [0.4, 0.5) is 5.69 Å². The zero-order valence-corrected chi connectivity index (χ0v) is 18.4. The highest BCUT2D eigenvalue weighted by atomic mass is 35.5. The van der Waals surface area contributed by atoms with Crippen LogP contribution in [0.15, 0.2) is 53.6 Å². The fourth-order valence-corrected chi connectivity index (χ4v) is 6.55.